The van der Waals surface area contributed by atoms with Gasteiger partial charge in [-0.1, -0.05) is 54.1 Å². The van der Waals surface area contributed by atoms with Gasteiger partial charge in [-0.3, -0.25) is 4.79 Å². The molecule has 2 aromatic rings. The summed E-state index contributed by atoms with van der Waals surface area (Å²) in [4.78, 5) is 14.3. The molecule has 1 atom stereocenters. The first-order chi connectivity index (χ1) is 11.4. The van der Waals surface area contributed by atoms with Crippen molar-refractivity contribution in [3.8, 4) is 5.75 Å². The summed E-state index contributed by atoms with van der Waals surface area (Å²) in [7, 11) is 1.76. The van der Waals surface area contributed by atoms with Gasteiger partial charge in [-0.15, -0.1) is 0 Å². The van der Waals surface area contributed by atoms with Crippen molar-refractivity contribution in [2.24, 2.45) is 0 Å². The Kier molecular flexibility index (Phi) is 6.04. The van der Waals surface area contributed by atoms with Gasteiger partial charge in [-0.2, -0.15) is 0 Å². The molecule has 0 bridgehead atoms. The second kappa shape index (κ2) is 8.02. The van der Waals surface area contributed by atoms with Crippen LogP contribution in [0.4, 0.5) is 0 Å². The summed E-state index contributed by atoms with van der Waals surface area (Å²) in [6.45, 7) is 6.25. The second-order valence-electron chi connectivity index (χ2n) is 6.08. The highest BCUT2D eigenvalue weighted by Crippen LogP contribution is 2.35. The number of hydrogen-bond acceptors (Lipinski definition) is 2. The van der Waals surface area contributed by atoms with E-state index in [1.54, 1.807) is 30.1 Å². The van der Waals surface area contributed by atoms with Gasteiger partial charge in [0.15, 0.2) is 0 Å². The lowest BCUT2D eigenvalue weighted by molar-refractivity contribution is -0.129. The highest BCUT2D eigenvalue weighted by Gasteiger charge is 2.23. The lowest BCUT2D eigenvalue weighted by Gasteiger charge is -2.23. The molecule has 2 rings (SSSR count). The minimum atomic E-state index is -0.259. The molecule has 0 aliphatic heterocycles. The number of carbonyl (C=O) groups excluding carboxylic acids is 1. The lowest BCUT2D eigenvalue weighted by atomic mass is 9.87. The van der Waals surface area contributed by atoms with E-state index in [-0.39, 0.29) is 24.0 Å². The summed E-state index contributed by atoms with van der Waals surface area (Å²) < 4.78 is 0. The Labute approximate surface area is 148 Å². The zero-order valence-corrected chi connectivity index (χ0v) is 14.8. The zero-order valence-electron chi connectivity index (χ0n) is 14.0. The quantitative estimate of drug-likeness (QED) is 0.778. The number of phenols is 1. The van der Waals surface area contributed by atoms with Crippen molar-refractivity contribution in [1.29, 1.82) is 0 Å². The molecule has 0 saturated heterocycles. The number of amides is 1. The first-order valence-electron chi connectivity index (χ1n) is 7.80. The third-order valence-electron chi connectivity index (χ3n) is 3.87. The summed E-state index contributed by atoms with van der Waals surface area (Å²) in [6.07, 6.45) is 0.252. The van der Waals surface area contributed by atoms with Crippen molar-refractivity contribution in [3.05, 3.63) is 76.8 Å². The van der Waals surface area contributed by atoms with E-state index >= 15 is 0 Å². The standard InChI is InChI=1S/C20H22ClNO2/c1-14(2)13-22(3)20(24)12-18(15-7-6-8-16(21)11-15)17-9-4-5-10-19(17)23/h4-11,18,23H,1,12-13H2,2-3H3/t18-/m1/s1. The Bertz CT molecular complexity index is 742. The van der Waals surface area contributed by atoms with Crippen molar-refractivity contribution in [1.82, 2.24) is 4.90 Å². The maximum absolute atomic E-state index is 12.6. The third kappa shape index (κ3) is 4.62. The Morgan fingerprint density at radius 3 is 2.58 bits per heavy atom. The zero-order chi connectivity index (χ0) is 17.7. The van der Waals surface area contributed by atoms with Crippen LogP contribution in [-0.4, -0.2) is 29.5 Å². The van der Waals surface area contributed by atoms with Gasteiger partial charge in [-0.05, 0) is 30.7 Å². The molecular weight excluding hydrogens is 322 g/mol. The lowest BCUT2D eigenvalue weighted by Crippen LogP contribution is -2.29. The number of halogens is 1. The fourth-order valence-corrected chi connectivity index (χ4v) is 2.94. The molecule has 1 N–H and O–H groups in total. The smallest absolute Gasteiger partial charge is 0.223 e. The molecule has 0 heterocycles. The van der Waals surface area contributed by atoms with E-state index in [1.165, 1.54) is 0 Å². The van der Waals surface area contributed by atoms with Crippen molar-refractivity contribution < 1.29 is 9.90 Å². The molecule has 4 heteroatoms. The number of para-hydroxylation sites is 1. The Balaban J connectivity index is 2.35. The average molecular weight is 344 g/mol. The summed E-state index contributed by atoms with van der Waals surface area (Å²) in [5.74, 6) is -0.0889. The second-order valence-corrected chi connectivity index (χ2v) is 6.51. The van der Waals surface area contributed by atoms with Gasteiger partial charge < -0.3 is 10.0 Å². The largest absolute Gasteiger partial charge is 0.508 e. The van der Waals surface area contributed by atoms with Crippen molar-refractivity contribution in [2.75, 3.05) is 13.6 Å². The van der Waals surface area contributed by atoms with Gasteiger partial charge in [0.25, 0.3) is 0 Å². The first kappa shape index (κ1) is 18.1. The molecule has 0 unspecified atom stereocenters. The van der Waals surface area contributed by atoms with E-state index < -0.39 is 0 Å². The summed E-state index contributed by atoms with van der Waals surface area (Å²) in [6, 6.07) is 14.5. The van der Waals surface area contributed by atoms with E-state index in [1.807, 2.05) is 37.3 Å². The van der Waals surface area contributed by atoms with Gasteiger partial charge in [0, 0.05) is 36.5 Å². The fourth-order valence-electron chi connectivity index (χ4n) is 2.74. The number of likely N-dealkylation sites (N-methyl/N-ethyl adjacent to an activating group) is 1. The van der Waals surface area contributed by atoms with Crippen LogP contribution in [0.1, 0.15) is 30.4 Å². The van der Waals surface area contributed by atoms with Crippen LogP contribution in [0.2, 0.25) is 5.02 Å². The average Bonchev–Trinajstić information content (AvgIpc) is 2.52. The molecule has 24 heavy (non-hydrogen) atoms. The van der Waals surface area contributed by atoms with E-state index in [0.29, 0.717) is 11.6 Å². The van der Waals surface area contributed by atoms with E-state index in [2.05, 4.69) is 6.58 Å². The molecule has 0 aliphatic carbocycles. The molecule has 0 spiro atoms. The SMILES string of the molecule is C=C(C)CN(C)C(=O)C[C@H](c1cccc(Cl)c1)c1ccccc1O. The predicted octanol–water partition coefficient (Wildman–Crippen LogP) is 4.60. The maximum atomic E-state index is 12.6. The molecule has 3 nitrogen and oxygen atoms in total. The first-order valence-corrected chi connectivity index (χ1v) is 8.18. The van der Waals surface area contributed by atoms with E-state index in [4.69, 9.17) is 11.6 Å². The number of rotatable bonds is 6. The fraction of sp³-hybridized carbons (Fsp3) is 0.250. The van der Waals surface area contributed by atoms with E-state index in [0.717, 1.165) is 16.7 Å². The van der Waals surface area contributed by atoms with Crippen LogP contribution in [0.5, 0.6) is 5.75 Å². The van der Waals surface area contributed by atoms with Crippen LogP contribution in [0, 0.1) is 0 Å². The normalized spacial score (nSPS) is 11.8. The van der Waals surface area contributed by atoms with Gasteiger partial charge in [-0.25, -0.2) is 0 Å². The van der Waals surface area contributed by atoms with Crippen molar-refractivity contribution in [3.63, 3.8) is 0 Å². The van der Waals surface area contributed by atoms with Gasteiger partial charge in [0.2, 0.25) is 5.91 Å². The Hall–Kier alpha value is -2.26. The number of benzene rings is 2. The van der Waals surface area contributed by atoms with Gasteiger partial charge >= 0.3 is 0 Å². The van der Waals surface area contributed by atoms with Crippen molar-refractivity contribution >= 4 is 17.5 Å². The molecule has 126 valence electrons. The molecule has 0 saturated carbocycles. The number of hydrogen-bond donors (Lipinski definition) is 1. The topological polar surface area (TPSA) is 40.5 Å². The molecule has 2 aromatic carbocycles. The van der Waals surface area contributed by atoms with Crippen LogP contribution in [0.25, 0.3) is 0 Å². The third-order valence-corrected chi connectivity index (χ3v) is 4.11. The Morgan fingerprint density at radius 2 is 1.96 bits per heavy atom. The molecule has 0 fully saturated rings. The number of aromatic hydroxyl groups is 1. The maximum Gasteiger partial charge on any atom is 0.223 e. The highest BCUT2D eigenvalue weighted by atomic mass is 35.5. The van der Waals surface area contributed by atoms with Gasteiger partial charge in [0.1, 0.15) is 5.75 Å². The van der Waals surface area contributed by atoms with Crippen LogP contribution >= 0.6 is 11.6 Å². The Morgan fingerprint density at radius 1 is 1.25 bits per heavy atom. The minimum absolute atomic E-state index is 0.00812. The van der Waals surface area contributed by atoms with Crippen molar-refractivity contribution in [2.45, 2.75) is 19.3 Å². The molecule has 0 aromatic heterocycles. The van der Waals surface area contributed by atoms with Gasteiger partial charge in [0.05, 0.1) is 0 Å². The summed E-state index contributed by atoms with van der Waals surface area (Å²) >= 11 is 6.11. The minimum Gasteiger partial charge on any atom is -0.508 e. The van der Waals surface area contributed by atoms with Crippen LogP contribution in [0.3, 0.4) is 0 Å². The highest BCUT2D eigenvalue weighted by molar-refractivity contribution is 6.30. The van der Waals surface area contributed by atoms with Crippen LogP contribution in [0.15, 0.2) is 60.7 Å². The summed E-state index contributed by atoms with van der Waals surface area (Å²) in [5, 5.41) is 10.8. The molecule has 0 radical (unpaired) electrons. The number of nitrogens with zero attached hydrogens (tertiary/aromatic N) is 1. The number of carbonyl (C=O) groups is 1. The number of phenolic OH excluding ortho intramolecular Hbond substituents is 1. The van der Waals surface area contributed by atoms with E-state index in [9.17, 15) is 9.90 Å². The van der Waals surface area contributed by atoms with Crippen LogP contribution < -0.4 is 0 Å². The monoisotopic (exact) mass is 343 g/mol. The summed E-state index contributed by atoms with van der Waals surface area (Å²) in [5.41, 5.74) is 2.55. The predicted molar refractivity (Wildman–Crippen MR) is 98.5 cm³/mol. The molecule has 1 amide bonds. The van der Waals surface area contributed by atoms with Crippen LogP contribution in [-0.2, 0) is 4.79 Å². The molecule has 0 aliphatic rings. The molecular formula is C20H22ClNO2.